The number of aromatic amines is 1. The molecule has 3 N–H and O–H groups in total. The van der Waals surface area contributed by atoms with Crippen molar-refractivity contribution < 1.29 is 14.6 Å². The number of carbonyl (C=O) groups is 1. The van der Waals surface area contributed by atoms with Crippen LogP contribution in [0.15, 0.2) is 42.5 Å². The number of hydrogen-bond acceptors (Lipinski definition) is 4. The van der Waals surface area contributed by atoms with Crippen molar-refractivity contribution in [3.8, 4) is 5.75 Å². The normalized spacial score (nSPS) is 12.1. The molecule has 1 atom stereocenters. The number of H-pyrrole nitrogens is 1. The number of anilines is 1. The number of nitrogens with zero attached hydrogens (tertiary/aromatic N) is 1. The molecule has 6 heteroatoms. The summed E-state index contributed by atoms with van der Waals surface area (Å²) in [6.07, 6.45) is 0.399. The van der Waals surface area contributed by atoms with Gasteiger partial charge in [0.2, 0.25) is 5.91 Å². The van der Waals surface area contributed by atoms with Gasteiger partial charge in [0.05, 0.1) is 18.1 Å². The highest BCUT2D eigenvalue weighted by molar-refractivity contribution is 5.93. The van der Waals surface area contributed by atoms with Crippen LogP contribution in [0.2, 0.25) is 0 Å². The maximum atomic E-state index is 12.2. The molecule has 3 rings (SSSR count). The molecule has 0 aliphatic carbocycles. The second kappa shape index (κ2) is 7.36. The molecule has 25 heavy (non-hydrogen) atoms. The Hall–Kier alpha value is -2.86. The first kappa shape index (κ1) is 17.0. The predicted octanol–water partition coefficient (Wildman–Crippen LogP) is 3.20. The maximum absolute atomic E-state index is 12.2. The van der Waals surface area contributed by atoms with Gasteiger partial charge in [0.15, 0.2) is 0 Å². The number of aliphatic hydroxyl groups is 1. The Morgan fingerprint density at radius 2 is 2.04 bits per heavy atom. The maximum Gasteiger partial charge on any atom is 0.224 e. The summed E-state index contributed by atoms with van der Waals surface area (Å²) in [4.78, 5) is 19.5. The molecule has 2 aromatic carbocycles. The van der Waals surface area contributed by atoms with E-state index in [4.69, 9.17) is 4.74 Å². The van der Waals surface area contributed by atoms with E-state index in [0.717, 1.165) is 22.3 Å². The highest BCUT2D eigenvalue weighted by Crippen LogP contribution is 2.20. The van der Waals surface area contributed by atoms with Crippen molar-refractivity contribution in [1.82, 2.24) is 9.97 Å². The lowest BCUT2D eigenvalue weighted by atomic mass is 10.1. The fourth-order valence-corrected chi connectivity index (χ4v) is 2.58. The molecular weight excluding hydrogens is 318 g/mol. The Balaban J connectivity index is 1.60. The van der Waals surface area contributed by atoms with Crippen molar-refractivity contribution in [1.29, 1.82) is 0 Å². The number of benzene rings is 2. The molecule has 0 aliphatic heterocycles. The van der Waals surface area contributed by atoms with Crippen LogP contribution in [0.4, 0.5) is 5.69 Å². The van der Waals surface area contributed by atoms with Gasteiger partial charge < -0.3 is 20.1 Å². The molecule has 3 aromatic rings. The average Bonchev–Trinajstić information content (AvgIpc) is 3.04. The molecule has 0 bridgehead atoms. The predicted molar refractivity (Wildman–Crippen MR) is 96.7 cm³/mol. The van der Waals surface area contributed by atoms with Crippen molar-refractivity contribution in [3.63, 3.8) is 0 Å². The molecule has 0 saturated heterocycles. The zero-order chi connectivity index (χ0) is 17.8. The quantitative estimate of drug-likeness (QED) is 0.643. The fraction of sp³-hybridized carbons (Fsp3) is 0.263. The molecule has 130 valence electrons. The summed E-state index contributed by atoms with van der Waals surface area (Å²) < 4.78 is 5.12. The number of aromatic nitrogens is 2. The number of ether oxygens (including phenoxy) is 1. The van der Waals surface area contributed by atoms with Gasteiger partial charge in [-0.2, -0.15) is 0 Å². The summed E-state index contributed by atoms with van der Waals surface area (Å²) in [6.45, 7) is 1.65. The molecular formula is C19H21N3O3. The molecule has 0 radical (unpaired) electrons. The van der Waals surface area contributed by atoms with Crippen LogP contribution in [0, 0.1) is 0 Å². The minimum Gasteiger partial charge on any atom is -0.497 e. The summed E-state index contributed by atoms with van der Waals surface area (Å²) in [7, 11) is 1.63. The molecule has 1 aromatic heterocycles. The van der Waals surface area contributed by atoms with Crippen LogP contribution in [0.3, 0.4) is 0 Å². The van der Waals surface area contributed by atoms with Crippen LogP contribution in [0.5, 0.6) is 5.75 Å². The lowest BCUT2D eigenvalue weighted by Gasteiger charge is -2.06. The first-order valence-corrected chi connectivity index (χ1v) is 8.15. The lowest BCUT2D eigenvalue weighted by Crippen LogP contribution is -2.12. The molecule has 1 amide bonds. The summed E-state index contributed by atoms with van der Waals surface area (Å²) in [5.41, 5.74) is 3.32. The zero-order valence-corrected chi connectivity index (χ0v) is 14.2. The number of rotatable bonds is 6. The van der Waals surface area contributed by atoms with Gasteiger partial charge in [-0.05, 0) is 49.2 Å². The van der Waals surface area contributed by atoms with E-state index in [9.17, 15) is 9.90 Å². The van der Waals surface area contributed by atoms with Gasteiger partial charge in [-0.1, -0.05) is 12.1 Å². The molecule has 1 unspecified atom stereocenters. The standard InChI is InChI=1S/C19H21N3O3/c1-12(23)19-21-16-9-6-14(11-17(16)22-19)20-18(24)10-5-13-3-7-15(25-2)8-4-13/h3-4,6-9,11-12,23H,5,10H2,1-2H3,(H,20,24)(H,21,22). The van der Waals surface area contributed by atoms with Crippen LogP contribution in [-0.4, -0.2) is 28.1 Å². The number of amides is 1. The Morgan fingerprint density at radius 3 is 2.72 bits per heavy atom. The van der Waals surface area contributed by atoms with Crippen LogP contribution in [-0.2, 0) is 11.2 Å². The second-order valence-electron chi connectivity index (χ2n) is 5.93. The van der Waals surface area contributed by atoms with Gasteiger partial charge in [-0.25, -0.2) is 4.98 Å². The molecule has 0 saturated carbocycles. The summed E-state index contributed by atoms with van der Waals surface area (Å²) in [5.74, 6) is 1.26. The van der Waals surface area contributed by atoms with Gasteiger partial charge in [0, 0.05) is 12.1 Å². The topological polar surface area (TPSA) is 87.2 Å². The van der Waals surface area contributed by atoms with E-state index in [1.165, 1.54) is 0 Å². The van der Waals surface area contributed by atoms with Gasteiger partial charge in [0.25, 0.3) is 0 Å². The highest BCUT2D eigenvalue weighted by Gasteiger charge is 2.09. The van der Waals surface area contributed by atoms with E-state index in [1.54, 1.807) is 20.1 Å². The SMILES string of the molecule is COc1ccc(CCC(=O)Nc2ccc3nc(C(C)O)[nH]c3c2)cc1. The van der Waals surface area contributed by atoms with E-state index in [-0.39, 0.29) is 5.91 Å². The number of nitrogens with one attached hydrogen (secondary N) is 2. The number of aryl methyl sites for hydroxylation is 1. The number of hydrogen-bond donors (Lipinski definition) is 3. The van der Waals surface area contributed by atoms with E-state index in [2.05, 4.69) is 15.3 Å². The fourth-order valence-electron chi connectivity index (χ4n) is 2.58. The van der Waals surface area contributed by atoms with Crippen molar-refractivity contribution >= 4 is 22.6 Å². The number of methoxy groups -OCH3 is 1. The zero-order valence-electron chi connectivity index (χ0n) is 14.2. The Kier molecular flexibility index (Phi) is 5.00. The van der Waals surface area contributed by atoms with E-state index < -0.39 is 6.10 Å². The molecule has 6 nitrogen and oxygen atoms in total. The van der Waals surface area contributed by atoms with E-state index >= 15 is 0 Å². The minimum atomic E-state index is -0.657. The third-order valence-corrected chi connectivity index (χ3v) is 3.98. The average molecular weight is 339 g/mol. The van der Waals surface area contributed by atoms with E-state index in [1.807, 2.05) is 36.4 Å². The number of fused-ring (bicyclic) bond motifs is 1. The highest BCUT2D eigenvalue weighted by atomic mass is 16.5. The molecule has 0 fully saturated rings. The first-order chi connectivity index (χ1) is 12.0. The van der Waals surface area contributed by atoms with Crippen molar-refractivity contribution in [2.75, 3.05) is 12.4 Å². The summed E-state index contributed by atoms with van der Waals surface area (Å²) in [6, 6.07) is 13.1. The van der Waals surface area contributed by atoms with Crippen molar-refractivity contribution in [3.05, 3.63) is 53.9 Å². The first-order valence-electron chi connectivity index (χ1n) is 8.15. The minimum absolute atomic E-state index is 0.0505. The van der Waals surface area contributed by atoms with Gasteiger partial charge >= 0.3 is 0 Å². The van der Waals surface area contributed by atoms with Crippen molar-refractivity contribution in [2.45, 2.75) is 25.9 Å². The number of carbonyl (C=O) groups excluding carboxylic acids is 1. The van der Waals surface area contributed by atoms with Crippen LogP contribution < -0.4 is 10.1 Å². The van der Waals surface area contributed by atoms with Crippen LogP contribution >= 0.6 is 0 Å². The molecule has 0 aliphatic rings. The Morgan fingerprint density at radius 1 is 1.28 bits per heavy atom. The van der Waals surface area contributed by atoms with E-state index in [0.29, 0.717) is 24.4 Å². The smallest absolute Gasteiger partial charge is 0.224 e. The molecule has 1 heterocycles. The van der Waals surface area contributed by atoms with Gasteiger partial charge in [0.1, 0.15) is 17.7 Å². The third-order valence-electron chi connectivity index (χ3n) is 3.98. The second-order valence-corrected chi connectivity index (χ2v) is 5.93. The van der Waals surface area contributed by atoms with Crippen LogP contribution in [0.1, 0.15) is 30.8 Å². The van der Waals surface area contributed by atoms with Gasteiger partial charge in [-0.3, -0.25) is 4.79 Å². The largest absolute Gasteiger partial charge is 0.497 e. The van der Waals surface area contributed by atoms with Crippen LogP contribution in [0.25, 0.3) is 11.0 Å². The number of imidazole rings is 1. The van der Waals surface area contributed by atoms with Gasteiger partial charge in [-0.15, -0.1) is 0 Å². The summed E-state index contributed by atoms with van der Waals surface area (Å²) in [5, 5.41) is 12.5. The Labute approximate surface area is 145 Å². The third kappa shape index (κ3) is 4.16. The summed E-state index contributed by atoms with van der Waals surface area (Å²) >= 11 is 0. The monoisotopic (exact) mass is 339 g/mol. The lowest BCUT2D eigenvalue weighted by molar-refractivity contribution is -0.116. The molecule has 0 spiro atoms. The number of aliphatic hydroxyl groups excluding tert-OH is 1. The van der Waals surface area contributed by atoms with Crippen molar-refractivity contribution in [2.24, 2.45) is 0 Å². The Bertz CT molecular complexity index is 869.